The van der Waals surface area contributed by atoms with Gasteiger partial charge in [-0.2, -0.15) is 0 Å². The minimum atomic E-state index is -0.758. The molecule has 3 heteroatoms. The number of unbranched alkanes of at least 4 members (excludes halogenated alkanes) is 3. The molecule has 13 heavy (non-hydrogen) atoms. The van der Waals surface area contributed by atoms with Gasteiger partial charge in [0.2, 0.25) is 0 Å². The molecule has 0 amide bonds. The van der Waals surface area contributed by atoms with Gasteiger partial charge in [-0.05, 0) is 12.8 Å². The maximum Gasteiger partial charge on any atom is 0.0820 e. The van der Waals surface area contributed by atoms with E-state index >= 15 is 0 Å². The first-order valence-electron chi connectivity index (χ1n) is 5.19. The molecule has 0 bridgehead atoms. The van der Waals surface area contributed by atoms with Crippen molar-refractivity contribution in [1.29, 1.82) is 0 Å². The molecule has 0 fully saturated rings. The minimum absolute atomic E-state index is 0.0623. The van der Waals surface area contributed by atoms with E-state index in [4.69, 9.17) is 5.11 Å². The summed E-state index contributed by atoms with van der Waals surface area (Å²) in [5.41, 5.74) is 0. The molecule has 0 saturated carbocycles. The summed E-state index contributed by atoms with van der Waals surface area (Å²) in [6.45, 7) is 2.07. The van der Waals surface area contributed by atoms with E-state index in [1.165, 1.54) is 12.8 Å². The number of aliphatic hydroxyl groups is 3. The Bertz CT molecular complexity index is 106. The fourth-order valence-electron chi connectivity index (χ4n) is 1.30. The normalized spacial score (nSPS) is 15.7. The van der Waals surface area contributed by atoms with Gasteiger partial charge in [0.05, 0.1) is 12.2 Å². The number of hydrogen-bond acceptors (Lipinski definition) is 3. The lowest BCUT2D eigenvalue weighted by Gasteiger charge is -2.16. The monoisotopic (exact) mass is 190 g/mol. The van der Waals surface area contributed by atoms with Crippen molar-refractivity contribution in [2.45, 2.75) is 57.7 Å². The van der Waals surface area contributed by atoms with Gasteiger partial charge in [-0.1, -0.05) is 32.6 Å². The van der Waals surface area contributed by atoms with E-state index in [0.717, 1.165) is 12.8 Å². The summed E-state index contributed by atoms with van der Waals surface area (Å²) in [5.74, 6) is 0. The molecule has 0 saturated heterocycles. The van der Waals surface area contributed by atoms with Crippen LogP contribution < -0.4 is 0 Å². The first-order chi connectivity index (χ1) is 6.22. The van der Waals surface area contributed by atoms with Crippen molar-refractivity contribution < 1.29 is 15.3 Å². The molecule has 3 N–H and O–H groups in total. The van der Waals surface area contributed by atoms with E-state index in [-0.39, 0.29) is 13.0 Å². The van der Waals surface area contributed by atoms with Crippen LogP contribution in [0.15, 0.2) is 0 Å². The molecular formula is C10H22O3. The molecule has 3 nitrogen and oxygen atoms in total. The molecule has 0 aromatic carbocycles. The van der Waals surface area contributed by atoms with Crippen molar-refractivity contribution in [2.75, 3.05) is 6.61 Å². The second-order valence-corrected chi connectivity index (χ2v) is 3.50. The van der Waals surface area contributed by atoms with Gasteiger partial charge >= 0.3 is 0 Å². The molecule has 0 aromatic heterocycles. The lowest BCUT2D eigenvalue weighted by molar-refractivity contribution is -0.0000904. The molecule has 0 aromatic rings. The zero-order valence-electron chi connectivity index (χ0n) is 8.45. The Hall–Kier alpha value is -0.120. The van der Waals surface area contributed by atoms with Crippen LogP contribution in [0.3, 0.4) is 0 Å². The highest BCUT2D eigenvalue weighted by Gasteiger charge is 2.14. The predicted molar refractivity (Wildman–Crippen MR) is 52.5 cm³/mol. The van der Waals surface area contributed by atoms with Crippen LogP contribution in [0.2, 0.25) is 0 Å². The maximum absolute atomic E-state index is 9.39. The van der Waals surface area contributed by atoms with Crippen LogP contribution in [0, 0.1) is 0 Å². The van der Waals surface area contributed by atoms with Crippen molar-refractivity contribution >= 4 is 0 Å². The number of aliphatic hydroxyl groups excluding tert-OH is 3. The van der Waals surface area contributed by atoms with E-state index in [0.29, 0.717) is 6.42 Å². The van der Waals surface area contributed by atoms with Crippen LogP contribution in [-0.2, 0) is 0 Å². The van der Waals surface area contributed by atoms with E-state index in [1.807, 2.05) is 0 Å². The van der Waals surface area contributed by atoms with E-state index in [9.17, 15) is 10.2 Å². The summed E-state index contributed by atoms with van der Waals surface area (Å²) in [6.07, 6.45) is 3.92. The average molecular weight is 190 g/mol. The second-order valence-electron chi connectivity index (χ2n) is 3.50. The Morgan fingerprint density at radius 1 is 0.923 bits per heavy atom. The highest BCUT2D eigenvalue weighted by molar-refractivity contribution is 4.66. The van der Waals surface area contributed by atoms with Crippen LogP contribution in [0.4, 0.5) is 0 Å². The third kappa shape index (κ3) is 6.99. The van der Waals surface area contributed by atoms with Gasteiger partial charge in [0.1, 0.15) is 0 Å². The summed E-state index contributed by atoms with van der Waals surface area (Å²) in [5, 5.41) is 27.2. The molecule has 80 valence electrons. The Kier molecular flexibility index (Phi) is 8.40. The lowest BCUT2D eigenvalue weighted by Crippen LogP contribution is -2.26. The largest absolute Gasteiger partial charge is 0.396 e. The predicted octanol–water partition coefficient (Wildman–Crippen LogP) is 1.06. The van der Waals surface area contributed by atoms with Gasteiger partial charge in [-0.25, -0.2) is 0 Å². The molecule has 0 aliphatic rings. The van der Waals surface area contributed by atoms with Crippen molar-refractivity contribution in [1.82, 2.24) is 0 Å². The van der Waals surface area contributed by atoms with Crippen molar-refractivity contribution in [3.8, 4) is 0 Å². The van der Waals surface area contributed by atoms with E-state index in [2.05, 4.69) is 6.92 Å². The Balaban J connectivity index is 3.32. The van der Waals surface area contributed by atoms with Crippen molar-refractivity contribution in [3.63, 3.8) is 0 Å². The third-order valence-electron chi connectivity index (χ3n) is 2.22. The molecule has 0 spiro atoms. The van der Waals surface area contributed by atoms with Crippen LogP contribution in [0.5, 0.6) is 0 Å². The molecule has 0 radical (unpaired) electrons. The second kappa shape index (κ2) is 8.48. The zero-order valence-corrected chi connectivity index (χ0v) is 8.45. The van der Waals surface area contributed by atoms with Gasteiger partial charge in [0.15, 0.2) is 0 Å². The first-order valence-corrected chi connectivity index (χ1v) is 5.19. The van der Waals surface area contributed by atoms with Gasteiger partial charge in [0.25, 0.3) is 0 Å². The molecule has 0 unspecified atom stereocenters. The highest BCUT2D eigenvalue weighted by Crippen LogP contribution is 2.09. The topological polar surface area (TPSA) is 60.7 Å². The minimum Gasteiger partial charge on any atom is -0.396 e. The Morgan fingerprint density at radius 2 is 1.54 bits per heavy atom. The van der Waals surface area contributed by atoms with E-state index < -0.39 is 12.2 Å². The molecule has 0 aliphatic heterocycles. The number of rotatable bonds is 8. The molecule has 2 atom stereocenters. The summed E-state index contributed by atoms with van der Waals surface area (Å²) >= 11 is 0. The van der Waals surface area contributed by atoms with Gasteiger partial charge in [-0.15, -0.1) is 0 Å². The van der Waals surface area contributed by atoms with Crippen LogP contribution in [0.1, 0.15) is 45.4 Å². The summed E-state index contributed by atoms with van der Waals surface area (Å²) in [7, 11) is 0. The highest BCUT2D eigenvalue weighted by atomic mass is 16.3. The molecule has 0 heterocycles. The molecule has 0 aliphatic carbocycles. The summed E-state index contributed by atoms with van der Waals surface area (Å²) in [6, 6.07) is 0. The summed E-state index contributed by atoms with van der Waals surface area (Å²) < 4.78 is 0. The molecular weight excluding hydrogens is 168 g/mol. The quantitative estimate of drug-likeness (QED) is 0.502. The van der Waals surface area contributed by atoms with Gasteiger partial charge in [-0.3, -0.25) is 0 Å². The van der Waals surface area contributed by atoms with Gasteiger partial charge in [0, 0.05) is 6.61 Å². The lowest BCUT2D eigenvalue weighted by atomic mass is 10.0. The first kappa shape index (κ1) is 12.9. The van der Waals surface area contributed by atoms with Crippen molar-refractivity contribution in [3.05, 3.63) is 0 Å². The van der Waals surface area contributed by atoms with Crippen LogP contribution in [0.25, 0.3) is 0 Å². The zero-order chi connectivity index (χ0) is 10.1. The van der Waals surface area contributed by atoms with Crippen LogP contribution in [-0.4, -0.2) is 34.1 Å². The maximum atomic E-state index is 9.39. The SMILES string of the molecule is CCCCCC[C@@H](O)[C@H](O)CCO. The average Bonchev–Trinajstić information content (AvgIpc) is 2.12. The standard InChI is InChI=1S/C10H22O3/c1-2-3-4-5-6-9(12)10(13)7-8-11/h9-13H,2-8H2,1H3/t9-,10-/m1/s1. The fraction of sp³-hybridized carbons (Fsp3) is 1.00. The van der Waals surface area contributed by atoms with Gasteiger partial charge < -0.3 is 15.3 Å². The molecule has 0 rings (SSSR count). The Morgan fingerprint density at radius 3 is 2.08 bits per heavy atom. The smallest absolute Gasteiger partial charge is 0.0820 e. The summed E-state index contributed by atoms with van der Waals surface area (Å²) in [4.78, 5) is 0. The Labute approximate surface area is 80.4 Å². The number of hydrogen-bond donors (Lipinski definition) is 3. The fourth-order valence-corrected chi connectivity index (χ4v) is 1.30. The van der Waals surface area contributed by atoms with Crippen LogP contribution >= 0.6 is 0 Å². The van der Waals surface area contributed by atoms with Crippen molar-refractivity contribution in [2.24, 2.45) is 0 Å². The third-order valence-corrected chi connectivity index (χ3v) is 2.22. The van der Waals surface area contributed by atoms with E-state index in [1.54, 1.807) is 0 Å².